The number of aromatic nitrogens is 7. The van der Waals surface area contributed by atoms with Gasteiger partial charge in [-0.25, -0.2) is 29.9 Å². The molecule has 66 heavy (non-hydrogen) atoms. The molecule has 11 rings (SSSR count). The number of hydrogen-bond donors (Lipinski definition) is 0. The summed E-state index contributed by atoms with van der Waals surface area (Å²) in [6, 6.07) is 76.3. The Bertz CT molecular complexity index is 3380. The first kappa shape index (κ1) is 39.8. The van der Waals surface area contributed by atoms with Gasteiger partial charge in [0.2, 0.25) is 0 Å². The Morgan fingerprint density at radius 3 is 1.14 bits per heavy atom. The predicted octanol–water partition coefficient (Wildman–Crippen LogP) is 14.1. The van der Waals surface area contributed by atoms with E-state index in [2.05, 4.69) is 120 Å². The van der Waals surface area contributed by atoms with Crippen molar-refractivity contribution in [3.05, 3.63) is 237 Å². The fourth-order valence-corrected chi connectivity index (χ4v) is 8.20. The zero-order valence-electron chi connectivity index (χ0n) is 35.6. The summed E-state index contributed by atoms with van der Waals surface area (Å²) in [5.74, 6) is 3.65. The van der Waals surface area contributed by atoms with Crippen molar-refractivity contribution in [1.29, 1.82) is 0 Å². The van der Waals surface area contributed by atoms with E-state index in [9.17, 15) is 0 Å². The lowest BCUT2D eigenvalue weighted by Gasteiger charge is -2.16. The maximum Gasteiger partial charge on any atom is 0.164 e. The molecule has 0 saturated heterocycles. The van der Waals surface area contributed by atoms with Crippen molar-refractivity contribution in [3.63, 3.8) is 0 Å². The van der Waals surface area contributed by atoms with Crippen LogP contribution in [0.2, 0.25) is 0 Å². The minimum absolute atomic E-state index is 0.596. The highest BCUT2D eigenvalue weighted by Crippen LogP contribution is 2.39. The van der Waals surface area contributed by atoms with Gasteiger partial charge in [-0.3, -0.25) is 4.98 Å². The summed E-state index contributed by atoms with van der Waals surface area (Å²) in [6.45, 7) is 0. The molecule has 11 aromatic rings. The molecule has 0 atom stereocenters. The van der Waals surface area contributed by atoms with Gasteiger partial charge < -0.3 is 0 Å². The van der Waals surface area contributed by atoms with Crippen molar-refractivity contribution in [1.82, 2.24) is 34.9 Å². The molecule has 7 heteroatoms. The van der Waals surface area contributed by atoms with E-state index in [1.54, 1.807) is 6.20 Å². The number of benzene rings is 8. The van der Waals surface area contributed by atoms with E-state index in [1.165, 1.54) is 0 Å². The molecule has 7 nitrogen and oxygen atoms in total. The molecular weight excluding hydrogens is 807 g/mol. The summed E-state index contributed by atoms with van der Waals surface area (Å²) in [5, 5.41) is 0. The van der Waals surface area contributed by atoms with E-state index in [0.717, 1.165) is 77.9 Å². The molecule has 0 amide bonds. The summed E-state index contributed by atoms with van der Waals surface area (Å²) in [7, 11) is 0. The Hall–Kier alpha value is -9.07. The maximum atomic E-state index is 5.08. The van der Waals surface area contributed by atoms with Gasteiger partial charge in [-0.1, -0.05) is 206 Å². The van der Waals surface area contributed by atoms with Crippen LogP contribution in [-0.4, -0.2) is 34.9 Å². The van der Waals surface area contributed by atoms with Crippen molar-refractivity contribution in [2.45, 2.75) is 0 Å². The number of nitrogens with zero attached hydrogens (tertiary/aromatic N) is 7. The van der Waals surface area contributed by atoms with Gasteiger partial charge in [0, 0.05) is 51.3 Å². The third-order valence-corrected chi connectivity index (χ3v) is 11.5. The smallest absolute Gasteiger partial charge is 0.164 e. The summed E-state index contributed by atoms with van der Waals surface area (Å²) < 4.78 is 0. The average Bonchev–Trinajstić information content (AvgIpc) is 3.42. The SMILES string of the molecule is c1ccc(-c2cccc(-c3nc(-c4ccccc4)nc(-c4ccc(-c5ccc(-c6ccccc6-c6nc(-c7ccccc7)nc(-c7ccccc7)n6)cc5-c5cccnc5)cc4)n3)c2)cc1. The van der Waals surface area contributed by atoms with Gasteiger partial charge in [0.1, 0.15) is 0 Å². The number of hydrogen-bond acceptors (Lipinski definition) is 7. The molecule has 0 N–H and O–H groups in total. The molecule has 0 aliphatic rings. The third kappa shape index (κ3) is 8.28. The predicted molar refractivity (Wildman–Crippen MR) is 265 cm³/mol. The van der Waals surface area contributed by atoms with Crippen LogP contribution in [0.1, 0.15) is 0 Å². The van der Waals surface area contributed by atoms with E-state index in [4.69, 9.17) is 29.9 Å². The topological polar surface area (TPSA) is 90.2 Å². The fourth-order valence-electron chi connectivity index (χ4n) is 8.20. The normalized spacial score (nSPS) is 11.0. The van der Waals surface area contributed by atoms with Gasteiger partial charge >= 0.3 is 0 Å². The van der Waals surface area contributed by atoms with Crippen molar-refractivity contribution < 1.29 is 0 Å². The van der Waals surface area contributed by atoms with Gasteiger partial charge in [0.05, 0.1) is 0 Å². The second-order valence-corrected chi connectivity index (χ2v) is 15.8. The van der Waals surface area contributed by atoms with Crippen LogP contribution < -0.4 is 0 Å². The monoisotopic (exact) mass is 845 g/mol. The molecule has 0 aliphatic carbocycles. The van der Waals surface area contributed by atoms with Crippen LogP contribution in [0.15, 0.2) is 237 Å². The van der Waals surface area contributed by atoms with E-state index in [1.807, 2.05) is 115 Å². The number of pyridine rings is 1. The van der Waals surface area contributed by atoms with E-state index in [-0.39, 0.29) is 0 Å². The zero-order valence-corrected chi connectivity index (χ0v) is 35.6. The molecule has 0 fully saturated rings. The van der Waals surface area contributed by atoms with Crippen molar-refractivity contribution in [2.24, 2.45) is 0 Å². The van der Waals surface area contributed by atoms with Crippen LogP contribution in [0.3, 0.4) is 0 Å². The van der Waals surface area contributed by atoms with Gasteiger partial charge in [-0.15, -0.1) is 0 Å². The average molecular weight is 846 g/mol. The standard InChI is InChI=1S/C59H39N7/c1-5-17-40(18-6-1)46-25-15-26-48(37-46)58-63-54(42-19-7-2-8-20-42)61-57(64-58)45-32-30-41(31-33-45)51-35-34-47(38-53(51)49-27-16-36-60-39-49)50-28-13-14-29-52(50)59-65-55(43-21-9-3-10-22-43)62-56(66-59)44-23-11-4-12-24-44/h1-39H. The lowest BCUT2D eigenvalue weighted by atomic mass is 9.90. The Kier molecular flexibility index (Phi) is 10.8. The largest absolute Gasteiger partial charge is 0.264 e. The van der Waals surface area contributed by atoms with Gasteiger partial charge in [0.25, 0.3) is 0 Å². The first-order valence-electron chi connectivity index (χ1n) is 21.8. The van der Waals surface area contributed by atoms with Crippen LogP contribution in [-0.2, 0) is 0 Å². The summed E-state index contributed by atoms with van der Waals surface area (Å²) in [6.07, 6.45) is 3.72. The van der Waals surface area contributed by atoms with Crippen LogP contribution in [0.5, 0.6) is 0 Å². The number of rotatable bonds is 10. The summed E-state index contributed by atoms with van der Waals surface area (Å²) >= 11 is 0. The molecule has 8 aromatic carbocycles. The Morgan fingerprint density at radius 1 is 0.197 bits per heavy atom. The highest BCUT2D eigenvalue weighted by molar-refractivity contribution is 5.90. The fraction of sp³-hybridized carbons (Fsp3) is 0. The van der Waals surface area contributed by atoms with Gasteiger partial charge in [-0.05, 0) is 57.1 Å². The van der Waals surface area contributed by atoms with Crippen molar-refractivity contribution in [3.8, 4) is 113 Å². The Balaban J connectivity index is 0.989. The summed E-state index contributed by atoms with van der Waals surface area (Å²) in [4.78, 5) is 34.7. The first-order valence-corrected chi connectivity index (χ1v) is 21.8. The van der Waals surface area contributed by atoms with Crippen molar-refractivity contribution >= 4 is 0 Å². The second-order valence-electron chi connectivity index (χ2n) is 15.8. The lowest BCUT2D eigenvalue weighted by Crippen LogP contribution is -2.01. The van der Waals surface area contributed by atoms with Gasteiger partial charge in [-0.2, -0.15) is 0 Å². The van der Waals surface area contributed by atoms with Crippen molar-refractivity contribution in [2.75, 3.05) is 0 Å². The van der Waals surface area contributed by atoms with E-state index >= 15 is 0 Å². The van der Waals surface area contributed by atoms with Gasteiger partial charge in [0.15, 0.2) is 34.9 Å². The minimum atomic E-state index is 0.596. The minimum Gasteiger partial charge on any atom is -0.264 e. The highest BCUT2D eigenvalue weighted by atomic mass is 15.0. The molecule has 0 spiro atoms. The third-order valence-electron chi connectivity index (χ3n) is 11.5. The molecule has 0 unspecified atom stereocenters. The molecule has 3 heterocycles. The van der Waals surface area contributed by atoms with Crippen LogP contribution >= 0.6 is 0 Å². The van der Waals surface area contributed by atoms with E-state index in [0.29, 0.717) is 34.9 Å². The molecular formula is C59H39N7. The van der Waals surface area contributed by atoms with Crippen LogP contribution in [0.4, 0.5) is 0 Å². The maximum absolute atomic E-state index is 5.08. The quantitative estimate of drug-likeness (QED) is 0.135. The Morgan fingerprint density at radius 2 is 0.591 bits per heavy atom. The molecule has 0 saturated carbocycles. The first-order chi connectivity index (χ1) is 32.7. The lowest BCUT2D eigenvalue weighted by molar-refractivity contribution is 1.07. The molecule has 0 radical (unpaired) electrons. The zero-order chi connectivity index (χ0) is 44.1. The second kappa shape index (κ2) is 18.0. The van der Waals surface area contributed by atoms with Crippen LogP contribution in [0, 0.1) is 0 Å². The molecule has 3 aromatic heterocycles. The van der Waals surface area contributed by atoms with Crippen LogP contribution in [0.25, 0.3) is 113 Å². The highest BCUT2D eigenvalue weighted by Gasteiger charge is 2.19. The molecule has 310 valence electrons. The van der Waals surface area contributed by atoms with E-state index < -0.39 is 0 Å². The molecule has 0 bridgehead atoms. The Labute approximate surface area is 383 Å². The summed E-state index contributed by atoms with van der Waals surface area (Å²) in [5.41, 5.74) is 13.9. The molecule has 0 aliphatic heterocycles.